The Hall–Kier alpha value is -1.60. The Balaban J connectivity index is 1.33. The number of aromatic nitrogens is 4. The third kappa shape index (κ3) is 2.72. The molecule has 0 amide bonds. The van der Waals surface area contributed by atoms with Crippen LogP contribution in [-0.4, -0.2) is 19.7 Å². The lowest BCUT2D eigenvalue weighted by Gasteiger charge is -2.07. The SMILES string of the molecule is c1coc(-c2nc(CSc3nnc(C4CC4)n3C3CC3)cs2)c1. The molecular weight excluding hydrogens is 328 g/mol. The van der Waals surface area contributed by atoms with Gasteiger partial charge in [-0.2, -0.15) is 0 Å². The van der Waals surface area contributed by atoms with Crippen LogP contribution in [0, 0.1) is 0 Å². The third-order valence-corrected chi connectivity index (χ3v) is 6.06. The van der Waals surface area contributed by atoms with Gasteiger partial charge in [0.15, 0.2) is 15.9 Å². The molecule has 0 aromatic carbocycles. The van der Waals surface area contributed by atoms with Crippen LogP contribution >= 0.6 is 23.1 Å². The van der Waals surface area contributed by atoms with Gasteiger partial charge >= 0.3 is 0 Å². The smallest absolute Gasteiger partial charge is 0.191 e. The van der Waals surface area contributed by atoms with E-state index in [4.69, 9.17) is 4.42 Å². The highest BCUT2D eigenvalue weighted by Gasteiger charge is 2.36. The lowest BCUT2D eigenvalue weighted by molar-refractivity contribution is 0.581. The molecule has 0 atom stereocenters. The number of thiazole rings is 1. The molecule has 5 rings (SSSR count). The first-order valence-corrected chi connectivity index (χ1v) is 9.81. The maximum absolute atomic E-state index is 5.41. The van der Waals surface area contributed by atoms with E-state index in [9.17, 15) is 0 Å². The van der Waals surface area contributed by atoms with Gasteiger partial charge in [-0.15, -0.1) is 21.5 Å². The number of thioether (sulfide) groups is 1. The molecule has 0 spiro atoms. The quantitative estimate of drug-likeness (QED) is 0.616. The summed E-state index contributed by atoms with van der Waals surface area (Å²) in [4.78, 5) is 4.66. The van der Waals surface area contributed by atoms with E-state index in [1.807, 2.05) is 12.1 Å². The van der Waals surface area contributed by atoms with E-state index in [0.29, 0.717) is 12.0 Å². The fourth-order valence-corrected chi connectivity index (χ4v) is 4.50. The zero-order valence-corrected chi connectivity index (χ0v) is 14.1. The van der Waals surface area contributed by atoms with Gasteiger partial charge in [-0.25, -0.2) is 4.98 Å². The molecule has 0 aliphatic heterocycles. The van der Waals surface area contributed by atoms with Crippen LogP contribution in [0.3, 0.4) is 0 Å². The minimum Gasteiger partial charge on any atom is -0.462 e. The molecule has 118 valence electrons. The molecule has 2 aliphatic carbocycles. The summed E-state index contributed by atoms with van der Waals surface area (Å²) in [7, 11) is 0. The molecule has 3 aromatic heterocycles. The van der Waals surface area contributed by atoms with E-state index in [2.05, 4.69) is 25.1 Å². The summed E-state index contributed by atoms with van der Waals surface area (Å²) in [5, 5.41) is 13.0. The van der Waals surface area contributed by atoms with E-state index in [-0.39, 0.29) is 0 Å². The lowest BCUT2D eigenvalue weighted by atomic mass is 10.4. The highest BCUT2D eigenvalue weighted by atomic mass is 32.2. The first kappa shape index (κ1) is 13.8. The van der Waals surface area contributed by atoms with Gasteiger partial charge in [0, 0.05) is 23.1 Å². The summed E-state index contributed by atoms with van der Waals surface area (Å²) < 4.78 is 7.80. The first-order chi connectivity index (χ1) is 11.4. The van der Waals surface area contributed by atoms with Crippen LogP contribution in [0.25, 0.3) is 10.8 Å². The molecule has 0 saturated heterocycles. The predicted molar refractivity (Wildman–Crippen MR) is 89.6 cm³/mol. The summed E-state index contributed by atoms with van der Waals surface area (Å²) in [6.07, 6.45) is 6.76. The summed E-state index contributed by atoms with van der Waals surface area (Å²) in [5.74, 6) is 3.53. The van der Waals surface area contributed by atoms with E-state index in [1.54, 1.807) is 29.4 Å². The van der Waals surface area contributed by atoms with E-state index >= 15 is 0 Å². The van der Waals surface area contributed by atoms with Crippen molar-refractivity contribution < 1.29 is 4.42 Å². The van der Waals surface area contributed by atoms with Crippen LogP contribution in [0.5, 0.6) is 0 Å². The summed E-state index contributed by atoms with van der Waals surface area (Å²) >= 11 is 3.37. The van der Waals surface area contributed by atoms with E-state index < -0.39 is 0 Å². The molecule has 0 bridgehead atoms. The summed E-state index contributed by atoms with van der Waals surface area (Å²) in [6.45, 7) is 0. The average Bonchev–Trinajstić information content (AvgIpc) is 3.43. The second-order valence-corrected chi connectivity index (χ2v) is 7.93. The van der Waals surface area contributed by atoms with Crippen molar-refractivity contribution in [2.75, 3.05) is 0 Å². The van der Waals surface area contributed by atoms with Crippen molar-refractivity contribution >= 4 is 23.1 Å². The molecule has 2 fully saturated rings. The molecule has 5 nitrogen and oxygen atoms in total. The van der Waals surface area contributed by atoms with Crippen molar-refractivity contribution in [3.8, 4) is 10.8 Å². The lowest BCUT2D eigenvalue weighted by Crippen LogP contribution is -2.01. The molecule has 2 aliphatic rings. The number of hydrogen-bond donors (Lipinski definition) is 0. The maximum atomic E-state index is 5.41. The van der Waals surface area contributed by atoms with Gasteiger partial charge in [0.05, 0.1) is 12.0 Å². The molecular formula is C16H16N4OS2. The van der Waals surface area contributed by atoms with Crippen LogP contribution in [0.15, 0.2) is 33.3 Å². The second kappa shape index (κ2) is 5.49. The molecule has 3 heterocycles. The average molecular weight is 344 g/mol. The van der Waals surface area contributed by atoms with Crippen molar-refractivity contribution in [3.63, 3.8) is 0 Å². The Morgan fingerprint density at radius 3 is 2.91 bits per heavy atom. The van der Waals surface area contributed by atoms with Gasteiger partial charge < -0.3 is 8.98 Å². The number of rotatable bonds is 6. The summed E-state index contributed by atoms with van der Waals surface area (Å²) in [6, 6.07) is 4.47. The third-order valence-electron chi connectivity index (χ3n) is 4.18. The molecule has 0 N–H and O–H groups in total. The van der Waals surface area contributed by atoms with E-state index in [1.165, 1.54) is 31.5 Å². The van der Waals surface area contributed by atoms with Gasteiger partial charge in [-0.05, 0) is 37.8 Å². The van der Waals surface area contributed by atoms with Crippen molar-refractivity contribution in [1.29, 1.82) is 0 Å². The monoisotopic (exact) mass is 344 g/mol. The number of furan rings is 1. The Bertz CT molecular complexity index is 815. The van der Waals surface area contributed by atoms with Gasteiger partial charge in [0.1, 0.15) is 5.82 Å². The Morgan fingerprint density at radius 2 is 2.17 bits per heavy atom. The molecule has 0 radical (unpaired) electrons. The van der Waals surface area contributed by atoms with Crippen molar-refractivity contribution in [2.45, 2.75) is 48.6 Å². The molecule has 23 heavy (non-hydrogen) atoms. The topological polar surface area (TPSA) is 56.7 Å². The molecule has 2 saturated carbocycles. The predicted octanol–water partition coefficient (Wildman–Crippen LogP) is 4.50. The molecule has 0 unspecified atom stereocenters. The maximum Gasteiger partial charge on any atom is 0.191 e. The fourth-order valence-electron chi connectivity index (χ4n) is 2.71. The van der Waals surface area contributed by atoms with Gasteiger partial charge in [-0.3, -0.25) is 0 Å². The Labute approximate surface area is 142 Å². The van der Waals surface area contributed by atoms with Gasteiger partial charge in [0.25, 0.3) is 0 Å². The number of nitrogens with zero attached hydrogens (tertiary/aromatic N) is 4. The zero-order chi connectivity index (χ0) is 15.2. The number of hydrogen-bond acceptors (Lipinski definition) is 6. The van der Waals surface area contributed by atoms with Crippen molar-refractivity contribution in [2.24, 2.45) is 0 Å². The van der Waals surface area contributed by atoms with Crippen LogP contribution in [0.4, 0.5) is 0 Å². The Kier molecular flexibility index (Phi) is 3.29. The van der Waals surface area contributed by atoms with Gasteiger partial charge in [0.2, 0.25) is 0 Å². The standard InChI is InChI=1S/C16H16N4OS2/c1-2-13(21-7-1)15-17-11(8-22-15)9-23-16-19-18-14(10-3-4-10)20(16)12-5-6-12/h1-2,7-8,10,12H,3-6,9H2. The van der Waals surface area contributed by atoms with E-state index in [0.717, 1.165) is 27.4 Å². The minimum atomic E-state index is 0.636. The molecule has 3 aromatic rings. The van der Waals surface area contributed by atoms with Gasteiger partial charge in [-0.1, -0.05) is 11.8 Å². The highest BCUT2D eigenvalue weighted by Crippen LogP contribution is 2.46. The second-order valence-electron chi connectivity index (χ2n) is 6.13. The van der Waals surface area contributed by atoms with Crippen molar-refractivity contribution in [3.05, 3.63) is 35.3 Å². The normalized spacial score (nSPS) is 17.7. The highest BCUT2D eigenvalue weighted by molar-refractivity contribution is 7.98. The molecule has 7 heteroatoms. The van der Waals surface area contributed by atoms with Crippen molar-refractivity contribution in [1.82, 2.24) is 19.7 Å². The van der Waals surface area contributed by atoms with Crippen LogP contribution in [0.1, 0.15) is 49.2 Å². The zero-order valence-electron chi connectivity index (χ0n) is 12.5. The van der Waals surface area contributed by atoms with Crippen LogP contribution in [-0.2, 0) is 5.75 Å². The summed E-state index contributed by atoms with van der Waals surface area (Å²) in [5.41, 5.74) is 1.07. The Morgan fingerprint density at radius 1 is 1.26 bits per heavy atom. The first-order valence-electron chi connectivity index (χ1n) is 7.94. The van der Waals surface area contributed by atoms with Crippen LogP contribution < -0.4 is 0 Å². The largest absolute Gasteiger partial charge is 0.462 e. The fraction of sp³-hybridized carbons (Fsp3) is 0.438. The minimum absolute atomic E-state index is 0.636. The van der Waals surface area contributed by atoms with Crippen LogP contribution in [0.2, 0.25) is 0 Å².